The highest BCUT2D eigenvalue weighted by Crippen LogP contribution is 2.21. The Kier molecular flexibility index (Phi) is 7.06. The zero-order valence-corrected chi connectivity index (χ0v) is 19.3. The summed E-state index contributed by atoms with van der Waals surface area (Å²) in [6, 6.07) is 7.38. The quantitative estimate of drug-likeness (QED) is 0.430. The average molecular weight is 441 g/mol. The Morgan fingerprint density at radius 1 is 1.13 bits per heavy atom. The number of carbonyl (C=O) groups excluding carboxylic acids is 1. The summed E-state index contributed by atoms with van der Waals surface area (Å²) in [5.74, 6) is -0.359. The van der Waals surface area contributed by atoms with Crippen molar-refractivity contribution in [3.8, 4) is 0 Å². The lowest BCUT2D eigenvalue weighted by atomic mass is 10.1. The summed E-state index contributed by atoms with van der Waals surface area (Å²) < 4.78 is 8.66. The van der Waals surface area contributed by atoms with Crippen LogP contribution in [0.5, 0.6) is 0 Å². The molecule has 0 amide bonds. The Labute approximate surface area is 187 Å². The lowest BCUT2D eigenvalue weighted by Gasteiger charge is -2.12. The number of benzene rings is 1. The first kappa shape index (κ1) is 22.5. The molecule has 3 rings (SSSR count). The van der Waals surface area contributed by atoms with Gasteiger partial charge in [0.05, 0.1) is 42.0 Å². The maximum Gasteiger partial charge on any atom is 0.338 e. The molecular weight excluding hydrogens is 412 g/mol. The summed E-state index contributed by atoms with van der Waals surface area (Å²) >= 11 is 5.49. The predicted octanol–water partition coefficient (Wildman–Crippen LogP) is 3.35. The van der Waals surface area contributed by atoms with Gasteiger partial charge in [-0.2, -0.15) is 10.2 Å². The number of hydrogen-bond donors (Lipinski definition) is 2. The Bertz CT molecular complexity index is 1100. The van der Waals surface area contributed by atoms with Crippen LogP contribution in [0.3, 0.4) is 0 Å². The van der Waals surface area contributed by atoms with Crippen molar-refractivity contribution < 1.29 is 9.53 Å². The topological polar surface area (TPSA) is 86.0 Å². The molecule has 0 aliphatic rings. The number of ether oxygens (including phenoxy) is 1. The highest BCUT2D eigenvalue weighted by molar-refractivity contribution is 7.80. The van der Waals surface area contributed by atoms with Crippen LogP contribution in [-0.2, 0) is 24.4 Å². The van der Waals surface area contributed by atoms with Gasteiger partial charge in [0.1, 0.15) is 0 Å². The SMILES string of the molecule is CCn1cc(CNC(=S)Nc2c(C)nn(Cc3ccccc3C(=O)OC)c2C)c(C)n1. The molecule has 3 aromatic rings. The fourth-order valence-electron chi connectivity index (χ4n) is 3.39. The Morgan fingerprint density at radius 3 is 2.55 bits per heavy atom. The normalized spacial score (nSPS) is 10.7. The second-order valence-electron chi connectivity index (χ2n) is 7.26. The van der Waals surface area contributed by atoms with Gasteiger partial charge in [0.2, 0.25) is 0 Å². The molecule has 0 atom stereocenters. The Hall–Kier alpha value is -3.20. The van der Waals surface area contributed by atoms with Gasteiger partial charge < -0.3 is 15.4 Å². The Balaban J connectivity index is 1.71. The van der Waals surface area contributed by atoms with E-state index in [-0.39, 0.29) is 5.97 Å². The minimum Gasteiger partial charge on any atom is -0.465 e. The van der Waals surface area contributed by atoms with Gasteiger partial charge in [0.15, 0.2) is 5.11 Å². The molecule has 9 heteroatoms. The van der Waals surface area contributed by atoms with E-state index in [0.29, 0.717) is 23.8 Å². The lowest BCUT2D eigenvalue weighted by Crippen LogP contribution is -2.28. The standard InChI is InChI=1S/C22H28N6O2S/c1-6-27-12-18(14(2)25-27)11-23-22(31)24-20-15(3)26-28(16(20)4)13-17-9-7-8-10-19(17)21(29)30-5/h7-10,12H,6,11,13H2,1-5H3,(H2,23,24,31). The summed E-state index contributed by atoms with van der Waals surface area (Å²) in [6.07, 6.45) is 2.03. The molecular formula is C22H28N6O2S. The van der Waals surface area contributed by atoms with E-state index in [9.17, 15) is 4.79 Å². The van der Waals surface area contributed by atoms with Crippen molar-refractivity contribution in [2.45, 2.75) is 47.3 Å². The molecule has 1 aromatic carbocycles. The van der Waals surface area contributed by atoms with Crippen LogP contribution in [0.2, 0.25) is 0 Å². The van der Waals surface area contributed by atoms with Gasteiger partial charge in [-0.15, -0.1) is 0 Å². The van der Waals surface area contributed by atoms with E-state index in [0.717, 1.165) is 40.4 Å². The predicted molar refractivity (Wildman–Crippen MR) is 124 cm³/mol. The van der Waals surface area contributed by atoms with Crippen molar-refractivity contribution in [1.82, 2.24) is 24.9 Å². The lowest BCUT2D eigenvalue weighted by molar-refractivity contribution is 0.0599. The van der Waals surface area contributed by atoms with Crippen molar-refractivity contribution in [2.75, 3.05) is 12.4 Å². The fourth-order valence-corrected chi connectivity index (χ4v) is 3.56. The molecule has 164 valence electrons. The van der Waals surface area contributed by atoms with Crippen LogP contribution in [0, 0.1) is 20.8 Å². The molecule has 0 fully saturated rings. The van der Waals surface area contributed by atoms with Gasteiger partial charge in [-0.25, -0.2) is 4.79 Å². The third-order valence-electron chi connectivity index (χ3n) is 5.17. The zero-order valence-electron chi connectivity index (χ0n) is 18.5. The second kappa shape index (κ2) is 9.74. The van der Waals surface area contributed by atoms with Crippen LogP contribution >= 0.6 is 12.2 Å². The smallest absolute Gasteiger partial charge is 0.338 e. The number of carbonyl (C=O) groups is 1. The molecule has 8 nitrogen and oxygen atoms in total. The minimum atomic E-state index is -0.359. The number of nitrogens with zero attached hydrogens (tertiary/aromatic N) is 4. The third-order valence-corrected chi connectivity index (χ3v) is 5.42. The number of thiocarbonyl (C=S) groups is 1. The van der Waals surface area contributed by atoms with Crippen molar-refractivity contribution >= 4 is 29.0 Å². The molecule has 2 N–H and O–H groups in total. The maximum absolute atomic E-state index is 12.1. The Morgan fingerprint density at radius 2 is 1.87 bits per heavy atom. The molecule has 0 bridgehead atoms. The number of nitrogens with one attached hydrogen (secondary N) is 2. The first-order valence-electron chi connectivity index (χ1n) is 10.1. The van der Waals surface area contributed by atoms with Crippen LogP contribution in [0.25, 0.3) is 0 Å². The van der Waals surface area contributed by atoms with E-state index < -0.39 is 0 Å². The van der Waals surface area contributed by atoms with Gasteiger partial charge in [-0.3, -0.25) is 9.36 Å². The van der Waals surface area contributed by atoms with Gasteiger partial charge in [-0.1, -0.05) is 18.2 Å². The minimum absolute atomic E-state index is 0.359. The number of aromatic nitrogens is 4. The first-order chi connectivity index (χ1) is 14.8. The summed E-state index contributed by atoms with van der Waals surface area (Å²) in [6.45, 7) is 9.83. The third kappa shape index (κ3) is 5.11. The van der Waals surface area contributed by atoms with Gasteiger partial charge >= 0.3 is 5.97 Å². The summed E-state index contributed by atoms with van der Waals surface area (Å²) in [4.78, 5) is 12.1. The molecule has 0 unspecified atom stereocenters. The highest BCUT2D eigenvalue weighted by atomic mass is 32.1. The molecule has 31 heavy (non-hydrogen) atoms. The number of methoxy groups -OCH3 is 1. The molecule has 2 aromatic heterocycles. The van der Waals surface area contributed by atoms with Crippen molar-refractivity contribution in [1.29, 1.82) is 0 Å². The molecule has 0 radical (unpaired) electrons. The molecule has 2 heterocycles. The van der Waals surface area contributed by atoms with E-state index in [4.69, 9.17) is 17.0 Å². The van der Waals surface area contributed by atoms with Crippen LogP contribution in [0.4, 0.5) is 5.69 Å². The van der Waals surface area contributed by atoms with E-state index in [1.807, 2.05) is 54.5 Å². The van der Waals surface area contributed by atoms with Crippen molar-refractivity contribution in [2.24, 2.45) is 0 Å². The van der Waals surface area contributed by atoms with E-state index in [1.54, 1.807) is 6.07 Å². The number of hydrogen-bond acceptors (Lipinski definition) is 5. The second-order valence-corrected chi connectivity index (χ2v) is 7.66. The molecule has 0 aliphatic carbocycles. The maximum atomic E-state index is 12.1. The number of rotatable bonds is 7. The summed E-state index contributed by atoms with van der Waals surface area (Å²) in [5, 5.41) is 16.1. The molecule has 0 aliphatic heterocycles. The van der Waals surface area contributed by atoms with Crippen LogP contribution in [0.15, 0.2) is 30.5 Å². The number of aryl methyl sites for hydroxylation is 3. The zero-order chi connectivity index (χ0) is 22.5. The van der Waals surface area contributed by atoms with Gasteiger partial charge in [0, 0.05) is 24.8 Å². The first-order valence-corrected chi connectivity index (χ1v) is 10.5. The number of anilines is 1. The molecule has 0 spiro atoms. The largest absolute Gasteiger partial charge is 0.465 e. The van der Waals surface area contributed by atoms with E-state index in [2.05, 4.69) is 27.8 Å². The van der Waals surface area contributed by atoms with E-state index in [1.165, 1.54) is 7.11 Å². The van der Waals surface area contributed by atoms with Crippen LogP contribution in [-0.4, -0.2) is 37.8 Å². The van der Waals surface area contributed by atoms with Crippen LogP contribution < -0.4 is 10.6 Å². The monoisotopic (exact) mass is 440 g/mol. The van der Waals surface area contributed by atoms with Crippen molar-refractivity contribution in [3.63, 3.8) is 0 Å². The fraction of sp³-hybridized carbons (Fsp3) is 0.364. The molecule has 0 saturated carbocycles. The van der Waals surface area contributed by atoms with Crippen molar-refractivity contribution in [3.05, 3.63) is 64.2 Å². The summed E-state index contributed by atoms with van der Waals surface area (Å²) in [5.41, 5.74) is 6.08. The molecule has 0 saturated heterocycles. The van der Waals surface area contributed by atoms with Crippen LogP contribution in [0.1, 0.15) is 45.5 Å². The average Bonchev–Trinajstić information content (AvgIpc) is 3.25. The summed E-state index contributed by atoms with van der Waals surface area (Å²) in [7, 11) is 1.38. The van der Waals surface area contributed by atoms with Gasteiger partial charge in [0.25, 0.3) is 0 Å². The van der Waals surface area contributed by atoms with E-state index >= 15 is 0 Å². The number of esters is 1. The van der Waals surface area contributed by atoms with Gasteiger partial charge in [-0.05, 0) is 51.5 Å². The highest BCUT2D eigenvalue weighted by Gasteiger charge is 2.16.